The lowest BCUT2D eigenvalue weighted by Gasteiger charge is -2.31. The highest BCUT2D eigenvalue weighted by molar-refractivity contribution is 7.99. The monoisotopic (exact) mass is 273 g/mol. The van der Waals surface area contributed by atoms with Gasteiger partial charge in [0.25, 0.3) is 0 Å². The zero-order valence-corrected chi connectivity index (χ0v) is 11.0. The van der Waals surface area contributed by atoms with Crippen LogP contribution in [0.2, 0.25) is 0 Å². The zero-order chi connectivity index (χ0) is 13.1. The molecular formula is C11H19N3O3S. The van der Waals surface area contributed by atoms with Crippen LogP contribution >= 0.6 is 11.8 Å². The van der Waals surface area contributed by atoms with E-state index in [1.807, 2.05) is 0 Å². The fraction of sp³-hybridized carbons (Fsp3) is 0.818. The van der Waals surface area contributed by atoms with Crippen molar-refractivity contribution in [2.24, 2.45) is 5.73 Å². The number of hydrogen-bond donors (Lipinski definition) is 3. The van der Waals surface area contributed by atoms with E-state index in [0.717, 1.165) is 25.7 Å². The molecule has 2 fully saturated rings. The van der Waals surface area contributed by atoms with Crippen LogP contribution in [0.3, 0.4) is 0 Å². The van der Waals surface area contributed by atoms with Gasteiger partial charge in [-0.1, -0.05) is 12.8 Å². The predicted octanol–water partition coefficient (Wildman–Crippen LogP) is 0.425. The van der Waals surface area contributed by atoms with Crippen LogP contribution in [-0.4, -0.2) is 51.8 Å². The molecule has 3 atom stereocenters. The predicted molar refractivity (Wildman–Crippen MR) is 69.4 cm³/mol. The molecule has 4 N–H and O–H groups in total. The van der Waals surface area contributed by atoms with Crippen LogP contribution in [0.1, 0.15) is 25.7 Å². The maximum absolute atomic E-state index is 12.1. The molecule has 0 spiro atoms. The van der Waals surface area contributed by atoms with Gasteiger partial charge in [0.1, 0.15) is 6.04 Å². The highest BCUT2D eigenvalue weighted by Gasteiger charge is 2.36. The maximum Gasteiger partial charge on any atom is 0.327 e. The number of aliphatic carboxylic acids is 1. The number of hydrogen-bond acceptors (Lipinski definition) is 4. The van der Waals surface area contributed by atoms with Crippen LogP contribution < -0.4 is 11.1 Å². The van der Waals surface area contributed by atoms with Gasteiger partial charge in [-0.05, 0) is 12.8 Å². The van der Waals surface area contributed by atoms with Crippen LogP contribution in [0.25, 0.3) is 0 Å². The third-order valence-electron chi connectivity index (χ3n) is 3.56. The van der Waals surface area contributed by atoms with Crippen LogP contribution in [0.15, 0.2) is 0 Å². The molecule has 1 saturated carbocycles. The van der Waals surface area contributed by atoms with Crippen LogP contribution in [-0.2, 0) is 4.79 Å². The van der Waals surface area contributed by atoms with Gasteiger partial charge < -0.3 is 21.1 Å². The average molecular weight is 273 g/mol. The molecule has 0 radical (unpaired) electrons. The molecule has 1 aliphatic heterocycles. The molecule has 1 aliphatic carbocycles. The van der Waals surface area contributed by atoms with Gasteiger partial charge in [0.05, 0.1) is 5.88 Å². The first-order chi connectivity index (χ1) is 8.59. The van der Waals surface area contributed by atoms with E-state index in [9.17, 15) is 9.59 Å². The number of thioether (sulfide) groups is 1. The molecule has 1 saturated heterocycles. The van der Waals surface area contributed by atoms with Crippen LogP contribution in [0.4, 0.5) is 4.79 Å². The largest absolute Gasteiger partial charge is 0.480 e. The molecule has 0 aromatic heterocycles. The molecule has 7 heteroatoms. The second-order valence-corrected chi connectivity index (χ2v) is 5.83. The summed E-state index contributed by atoms with van der Waals surface area (Å²) in [6.07, 6.45) is 3.97. The Bertz CT molecular complexity index is 339. The SMILES string of the molecule is NC1CCCCC1NC(=O)N1CSCC1C(=O)O. The quantitative estimate of drug-likeness (QED) is 0.678. The lowest BCUT2D eigenvalue weighted by atomic mass is 9.91. The van der Waals surface area contributed by atoms with E-state index in [0.29, 0.717) is 11.6 Å². The Morgan fingerprint density at radius 2 is 2.06 bits per heavy atom. The molecule has 18 heavy (non-hydrogen) atoms. The zero-order valence-electron chi connectivity index (χ0n) is 10.2. The van der Waals surface area contributed by atoms with Crippen molar-refractivity contribution in [3.8, 4) is 0 Å². The Kier molecular flexibility index (Phi) is 4.34. The Balaban J connectivity index is 1.92. The molecule has 102 valence electrons. The van der Waals surface area contributed by atoms with Gasteiger partial charge >= 0.3 is 12.0 Å². The highest BCUT2D eigenvalue weighted by Crippen LogP contribution is 2.22. The molecule has 2 aliphatic rings. The van der Waals surface area contributed by atoms with Gasteiger partial charge in [-0.2, -0.15) is 0 Å². The van der Waals surface area contributed by atoms with E-state index in [4.69, 9.17) is 10.8 Å². The maximum atomic E-state index is 12.1. The lowest BCUT2D eigenvalue weighted by Crippen LogP contribution is -2.55. The summed E-state index contributed by atoms with van der Waals surface area (Å²) >= 11 is 1.46. The molecule has 2 amide bonds. The number of nitrogens with zero attached hydrogens (tertiary/aromatic N) is 1. The Hall–Kier alpha value is -0.950. The molecule has 0 bridgehead atoms. The number of nitrogens with one attached hydrogen (secondary N) is 1. The summed E-state index contributed by atoms with van der Waals surface area (Å²) in [6.45, 7) is 0. The van der Waals surface area contributed by atoms with Gasteiger partial charge in [0, 0.05) is 17.8 Å². The first kappa shape index (κ1) is 13.5. The van der Waals surface area contributed by atoms with E-state index in [1.165, 1.54) is 16.7 Å². The van der Waals surface area contributed by atoms with Crippen LogP contribution in [0.5, 0.6) is 0 Å². The lowest BCUT2D eigenvalue weighted by molar-refractivity contribution is -0.140. The fourth-order valence-corrected chi connectivity index (χ4v) is 3.57. The smallest absolute Gasteiger partial charge is 0.327 e. The molecular weight excluding hydrogens is 254 g/mol. The van der Waals surface area contributed by atoms with E-state index in [1.54, 1.807) is 0 Å². The van der Waals surface area contributed by atoms with E-state index in [2.05, 4.69) is 5.32 Å². The van der Waals surface area contributed by atoms with Gasteiger partial charge in [-0.3, -0.25) is 0 Å². The molecule has 6 nitrogen and oxygen atoms in total. The van der Waals surface area contributed by atoms with Gasteiger partial charge in [0.2, 0.25) is 0 Å². The second kappa shape index (κ2) is 5.79. The summed E-state index contributed by atoms with van der Waals surface area (Å²) < 4.78 is 0. The number of carboxylic acids is 1. The third-order valence-corrected chi connectivity index (χ3v) is 4.57. The van der Waals surface area contributed by atoms with Crippen molar-refractivity contribution in [1.29, 1.82) is 0 Å². The first-order valence-corrected chi connectivity index (χ1v) is 7.38. The number of nitrogens with two attached hydrogens (primary N) is 1. The summed E-state index contributed by atoms with van der Waals surface area (Å²) in [5.41, 5.74) is 5.97. The normalized spacial score (nSPS) is 32.3. The Morgan fingerprint density at radius 3 is 2.72 bits per heavy atom. The van der Waals surface area contributed by atoms with Gasteiger partial charge in [0.15, 0.2) is 0 Å². The van der Waals surface area contributed by atoms with E-state index < -0.39 is 12.0 Å². The summed E-state index contributed by atoms with van der Waals surface area (Å²) in [6, 6.07) is -1.04. The van der Waals surface area contributed by atoms with E-state index in [-0.39, 0.29) is 18.1 Å². The summed E-state index contributed by atoms with van der Waals surface area (Å²) in [4.78, 5) is 24.5. The van der Waals surface area contributed by atoms with Crippen molar-refractivity contribution in [3.05, 3.63) is 0 Å². The number of carbonyl (C=O) groups is 2. The molecule has 3 unspecified atom stereocenters. The Morgan fingerprint density at radius 1 is 1.33 bits per heavy atom. The van der Waals surface area contributed by atoms with Crippen molar-refractivity contribution in [1.82, 2.24) is 10.2 Å². The van der Waals surface area contributed by atoms with Crippen molar-refractivity contribution in [2.75, 3.05) is 11.6 Å². The number of carbonyl (C=O) groups excluding carboxylic acids is 1. The van der Waals surface area contributed by atoms with Gasteiger partial charge in [-0.25, -0.2) is 9.59 Å². The molecule has 2 rings (SSSR count). The van der Waals surface area contributed by atoms with Crippen molar-refractivity contribution < 1.29 is 14.7 Å². The minimum absolute atomic E-state index is 0.0127. The number of rotatable bonds is 2. The molecule has 0 aromatic rings. The summed E-state index contributed by atoms with van der Waals surface area (Å²) in [7, 11) is 0. The van der Waals surface area contributed by atoms with E-state index >= 15 is 0 Å². The topological polar surface area (TPSA) is 95.7 Å². The highest BCUT2D eigenvalue weighted by atomic mass is 32.2. The average Bonchev–Trinajstić information content (AvgIpc) is 2.81. The number of urea groups is 1. The number of carboxylic acid groups (broad SMARTS) is 1. The molecule has 0 aromatic carbocycles. The summed E-state index contributed by atoms with van der Waals surface area (Å²) in [5, 5.41) is 11.9. The summed E-state index contributed by atoms with van der Waals surface area (Å²) in [5.74, 6) is -0.0485. The third kappa shape index (κ3) is 2.89. The second-order valence-electron chi connectivity index (χ2n) is 4.83. The van der Waals surface area contributed by atoms with Crippen molar-refractivity contribution >= 4 is 23.8 Å². The first-order valence-electron chi connectivity index (χ1n) is 6.23. The fourth-order valence-electron chi connectivity index (χ4n) is 2.43. The minimum atomic E-state index is -0.942. The molecule has 1 heterocycles. The van der Waals surface area contributed by atoms with Gasteiger partial charge in [-0.15, -0.1) is 11.8 Å². The Labute approximate surface area is 110 Å². The van der Waals surface area contributed by atoms with Crippen LogP contribution in [0, 0.1) is 0 Å². The van der Waals surface area contributed by atoms with Crippen molar-refractivity contribution in [2.45, 2.75) is 43.8 Å². The number of amides is 2. The van der Waals surface area contributed by atoms with Crippen molar-refractivity contribution in [3.63, 3.8) is 0 Å². The minimum Gasteiger partial charge on any atom is -0.480 e. The standard InChI is InChI=1S/C11H19N3O3S/c12-7-3-1-2-4-8(7)13-11(17)14-6-18-5-9(14)10(15)16/h7-9H,1-6,12H2,(H,13,17)(H,15,16).